The summed E-state index contributed by atoms with van der Waals surface area (Å²) < 4.78 is 39.5. The summed E-state index contributed by atoms with van der Waals surface area (Å²) in [5.41, 5.74) is 7.66. The van der Waals surface area contributed by atoms with Gasteiger partial charge in [-0.2, -0.15) is 8.78 Å². The molecule has 0 radical (unpaired) electrons. The molecule has 0 aromatic heterocycles. The summed E-state index contributed by atoms with van der Waals surface area (Å²) in [6, 6.07) is 12.5. The molecule has 0 atom stereocenters. The summed E-state index contributed by atoms with van der Waals surface area (Å²) in [7, 11) is 3.01. The van der Waals surface area contributed by atoms with Crippen LogP contribution in [-0.4, -0.2) is 33.3 Å². The number of methoxy groups -OCH3 is 2. The Labute approximate surface area is 156 Å². The first-order valence-corrected chi connectivity index (χ1v) is 8.30. The van der Waals surface area contributed by atoms with Crippen LogP contribution < -0.4 is 25.3 Å². The Morgan fingerprint density at radius 1 is 1.04 bits per heavy atom. The van der Waals surface area contributed by atoms with Gasteiger partial charge in [0.1, 0.15) is 5.75 Å². The predicted octanol–water partition coefficient (Wildman–Crippen LogP) is 2.95. The van der Waals surface area contributed by atoms with Gasteiger partial charge in [0.2, 0.25) is 0 Å². The van der Waals surface area contributed by atoms with E-state index >= 15 is 0 Å². The number of nitrogens with two attached hydrogens (primary N) is 1. The molecule has 0 saturated heterocycles. The van der Waals surface area contributed by atoms with E-state index in [2.05, 4.69) is 15.0 Å². The Morgan fingerprint density at radius 2 is 1.74 bits per heavy atom. The van der Waals surface area contributed by atoms with E-state index in [1.807, 2.05) is 24.3 Å². The molecular formula is C19H23F2N3O3. The predicted molar refractivity (Wildman–Crippen MR) is 99.7 cm³/mol. The Kier molecular flexibility index (Phi) is 7.66. The lowest BCUT2D eigenvalue weighted by Gasteiger charge is -2.11. The number of aliphatic imine (C=N–C) groups is 1. The number of rotatable bonds is 9. The Hall–Kier alpha value is -3.03. The van der Waals surface area contributed by atoms with Gasteiger partial charge in [0, 0.05) is 6.54 Å². The topological polar surface area (TPSA) is 78.1 Å². The third kappa shape index (κ3) is 6.65. The zero-order valence-corrected chi connectivity index (χ0v) is 15.2. The molecule has 27 heavy (non-hydrogen) atoms. The van der Waals surface area contributed by atoms with Crippen LogP contribution in [0.2, 0.25) is 0 Å². The van der Waals surface area contributed by atoms with Crippen LogP contribution in [0.1, 0.15) is 11.1 Å². The van der Waals surface area contributed by atoms with Gasteiger partial charge in [-0.05, 0) is 41.8 Å². The number of benzene rings is 2. The van der Waals surface area contributed by atoms with E-state index in [1.165, 1.54) is 13.2 Å². The molecule has 0 saturated carbocycles. The van der Waals surface area contributed by atoms with Gasteiger partial charge < -0.3 is 25.3 Å². The van der Waals surface area contributed by atoms with Crippen molar-refractivity contribution in [1.29, 1.82) is 0 Å². The average molecular weight is 379 g/mol. The molecular weight excluding hydrogens is 356 g/mol. The van der Waals surface area contributed by atoms with Crippen molar-refractivity contribution in [3.63, 3.8) is 0 Å². The Morgan fingerprint density at radius 3 is 2.37 bits per heavy atom. The van der Waals surface area contributed by atoms with E-state index in [0.717, 1.165) is 17.7 Å². The lowest BCUT2D eigenvalue weighted by Crippen LogP contribution is -2.33. The molecule has 0 aliphatic carbocycles. The van der Waals surface area contributed by atoms with Crippen molar-refractivity contribution in [1.82, 2.24) is 5.32 Å². The first kappa shape index (κ1) is 20.3. The molecule has 8 heteroatoms. The van der Waals surface area contributed by atoms with Crippen molar-refractivity contribution in [2.75, 3.05) is 20.8 Å². The molecule has 0 aliphatic heterocycles. The number of halogens is 2. The monoisotopic (exact) mass is 379 g/mol. The van der Waals surface area contributed by atoms with Crippen LogP contribution in [0, 0.1) is 0 Å². The second-order valence-corrected chi connectivity index (χ2v) is 5.59. The number of alkyl halides is 2. The maximum absolute atomic E-state index is 12.5. The second kappa shape index (κ2) is 10.2. The first-order chi connectivity index (χ1) is 13.0. The number of ether oxygens (including phenoxy) is 3. The zero-order chi connectivity index (χ0) is 19.6. The lowest BCUT2D eigenvalue weighted by molar-refractivity contribution is -0.0512. The van der Waals surface area contributed by atoms with Crippen molar-refractivity contribution in [3.05, 3.63) is 53.6 Å². The van der Waals surface area contributed by atoms with Crippen molar-refractivity contribution in [2.24, 2.45) is 10.7 Å². The quantitative estimate of drug-likeness (QED) is 0.517. The average Bonchev–Trinajstić information content (AvgIpc) is 2.66. The Bertz CT molecular complexity index is 752. The van der Waals surface area contributed by atoms with E-state index in [0.29, 0.717) is 12.1 Å². The molecule has 0 unspecified atom stereocenters. The van der Waals surface area contributed by atoms with Gasteiger partial charge >= 0.3 is 6.61 Å². The third-order valence-electron chi connectivity index (χ3n) is 3.75. The summed E-state index contributed by atoms with van der Waals surface area (Å²) in [6.45, 7) is -2.09. The minimum absolute atomic E-state index is 0.0359. The molecule has 0 bridgehead atoms. The van der Waals surface area contributed by atoms with Crippen LogP contribution >= 0.6 is 0 Å². The number of guanidine groups is 1. The summed E-state index contributed by atoms with van der Waals surface area (Å²) in [6.07, 6.45) is 0.773. The fourth-order valence-electron chi connectivity index (χ4n) is 2.37. The van der Waals surface area contributed by atoms with Crippen molar-refractivity contribution < 1.29 is 23.0 Å². The van der Waals surface area contributed by atoms with Gasteiger partial charge in [0.15, 0.2) is 17.5 Å². The highest BCUT2D eigenvalue weighted by molar-refractivity contribution is 5.77. The van der Waals surface area contributed by atoms with Crippen LogP contribution in [-0.2, 0) is 13.0 Å². The number of hydrogen-bond donors (Lipinski definition) is 2. The highest BCUT2D eigenvalue weighted by Crippen LogP contribution is 2.29. The standard InChI is InChI=1S/C19H23F2N3O3/c1-25-15-6-3-13(4-7-15)9-10-23-19(22)24-12-14-5-8-16(26-2)17(11-14)27-18(20)21/h3-8,11,18H,9-10,12H2,1-2H3,(H3,22,23,24). The fourth-order valence-corrected chi connectivity index (χ4v) is 2.37. The van der Waals surface area contributed by atoms with E-state index in [9.17, 15) is 8.78 Å². The van der Waals surface area contributed by atoms with Gasteiger partial charge in [-0.3, -0.25) is 0 Å². The normalized spacial score (nSPS) is 11.4. The van der Waals surface area contributed by atoms with Gasteiger partial charge in [-0.15, -0.1) is 0 Å². The van der Waals surface area contributed by atoms with Gasteiger partial charge in [-0.25, -0.2) is 4.99 Å². The second-order valence-electron chi connectivity index (χ2n) is 5.59. The first-order valence-electron chi connectivity index (χ1n) is 8.30. The Balaban J connectivity index is 1.86. The smallest absolute Gasteiger partial charge is 0.387 e. The van der Waals surface area contributed by atoms with Crippen LogP contribution in [0.5, 0.6) is 17.2 Å². The van der Waals surface area contributed by atoms with Crippen molar-refractivity contribution in [3.8, 4) is 17.2 Å². The molecule has 0 aliphatic rings. The van der Waals surface area contributed by atoms with E-state index < -0.39 is 6.61 Å². The maximum atomic E-state index is 12.5. The highest BCUT2D eigenvalue weighted by Gasteiger charge is 2.11. The number of hydrogen-bond acceptors (Lipinski definition) is 4. The fraction of sp³-hybridized carbons (Fsp3) is 0.316. The summed E-state index contributed by atoms with van der Waals surface area (Å²) in [5, 5.41) is 3.02. The number of nitrogens with one attached hydrogen (secondary N) is 1. The van der Waals surface area contributed by atoms with Crippen LogP contribution in [0.25, 0.3) is 0 Å². The van der Waals surface area contributed by atoms with E-state index in [-0.39, 0.29) is 24.0 Å². The minimum Gasteiger partial charge on any atom is -0.497 e. The summed E-state index contributed by atoms with van der Waals surface area (Å²) >= 11 is 0. The molecule has 0 amide bonds. The van der Waals surface area contributed by atoms with Crippen LogP contribution in [0.15, 0.2) is 47.5 Å². The van der Waals surface area contributed by atoms with Gasteiger partial charge in [0.25, 0.3) is 0 Å². The zero-order valence-electron chi connectivity index (χ0n) is 15.2. The van der Waals surface area contributed by atoms with Crippen molar-refractivity contribution >= 4 is 5.96 Å². The molecule has 146 valence electrons. The lowest BCUT2D eigenvalue weighted by atomic mass is 10.1. The molecule has 2 aromatic carbocycles. The molecule has 0 fully saturated rings. The van der Waals surface area contributed by atoms with Gasteiger partial charge in [0.05, 0.1) is 20.8 Å². The van der Waals surface area contributed by atoms with Gasteiger partial charge in [-0.1, -0.05) is 18.2 Å². The molecule has 6 nitrogen and oxygen atoms in total. The van der Waals surface area contributed by atoms with Crippen LogP contribution in [0.4, 0.5) is 8.78 Å². The van der Waals surface area contributed by atoms with E-state index in [1.54, 1.807) is 19.2 Å². The summed E-state index contributed by atoms with van der Waals surface area (Å²) in [5.74, 6) is 1.28. The number of nitrogens with zero attached hydrogens (tertiary/aromatic N) is 1. The van der Waals surface area contributed by atoms with Crippen LogP contribution in [0.3, 0.4) is 0 Å². The minimum atomic E-state index is -2.93. The molecule has 2 rings (SSSR count). The van der Waals surface area contributed by atoms with Crippen molar-refractivity contribution in [2.45, 2.75) is 19.6 Å². The third-order valence-corrected chi connectivity index (χ3v) is 3.75. The molecule has 2 aromatic rings. The highest BCUT2D eigenvalue weighted by atomic mass is 19.3. The molecule has 0 heterocycles. The SMILES string of the molecule is COc1ccc(CCNC(N)=NCc2ccc(OC)c(OC(F)F)c2)cc1. The maximum Gasteiger partial charge on any atom is 0.387 e. The van der Waals surface area contributed by atoms with E-state index in [4.69, 9.17) is 15.2 Å². The largest absolute Gasteiger partial charge is 0.497 e. The molecule has 0 spiro atoms. The summed E-state index contributed by atoms with van der Waals surface area (Å²) in [4.78, 5) is 4.21. The molecule has 3 N–H and O–H groups in total.